The quantitative estimate of drug-likeness (QED) is 0.0744. The second kappa shape index (κ2) is 18.9. The number of carbonyl (C=O) groups is 1. The molecular formula is C47H62N2O8. The first kappa shape index (κ1) is 42.2. The van der Waals surface area contributed by atoms with Crippen molar-refractivity contribution in [3.8, 4) is 17.2 Å². The van der Waals surface area contributed by atoms with Crippen LogP contribution in [-0.2, 0) is 14.3 Å². The van der Waals surface area contributed by atoms with Crippen LogP contribution in [0.4, 0.5) is 4.79 Å². The van der Waals surface area contributed by atoms with Crippen molar-refractivity contribution in [1.29, 1.82) is 0 Å². The smallest absolute Gasteiger partial charge is 0.410 e. The van der Waals surface area contributed by atoms with Crippen LogP contribution < -0.4 is 9.47 Å². The van der Waals surface area contributed by atoms with Crippen LogP contribution >= 0.6 is 0 Å². The first-order valence-corrected chi connectivity index (χ1v) is 20.9. The molecule has 0 aromatic heterocycles. The highest BCUT2D eigenvalue weighted by molar-refractivity contribution is 6.03. The zero-order chi connectivity index (χ0) is 40.6. The van der Waals surface area contributed by atoms with Crippen molar-refractivity contribution in [3.63, 3.8) is 0 Å². The van der Waals surface area contributed by atoms with Gasteiger partial charge in [0.1, 0.15) is 28.9 Å². The minimum Gasteiger partial charge on any atom is -0.459 e. The van der Waals surface area contributed by atoms with E-state index in [0.717, 1.165) is 59.1 Å². The second-order valence-electron chi connectivity index (χ2n) is 16.5. The van der Waals surface area contributed by atoms with Gasteiger partial charge in [-0.25, -0.2) is 4.79 Å². The maximum atomic E-state index is 14.0. The van der Waals surface area contributed by atoms with Crippen LogP contribution in [0.3, 0.4) is 0 Å². The van der Waals surface area contributed by atoms with E-state index in [0.29, 0.717) is 43.7 Å². The van der Waals surface area contributed by atoms with E-state index in [1.54, 1.807) is 11.0 Å². The lowest BCUT2D eigenvalue weighted by atomic mass is 9.55. The summed E-state index contributed by atoms with van der Waals surface area (Å²) in [6.45, 7) is 14.9. The monoisotopic (exact) mass is 782 g/mol. The van der Waals surface area contributed by atoms with Crippen LogP contribution in [0.15, 0.2) is 90.1 Å². The number of carbonyl (C=O) groups excluding carboxylic acids is 1. The lowest BCUT2D eigenvalue weighted by molar-refractivity contribution is -0.255. The number of ether oxygens (including phenoxy) is 4. The third kappa shape index (κ3) is 9.35. The fraction of sp³-hybridized carbons (Fsp3) is 0.532. The number of hydrogen-bond donors (Lipinski definition) is 2. The zero-order valence-corrected chi connectivity index (χ0v) is 34.5. The van der Waals surface area contributed by atoms with Gasteiger partial charge in [0.05, 0.1) is 24.8 Å². The van der Waals surface area contributed by atoms with E-state index >= 15 is 0 Å². The number of aliphatic hydroxyl groups is 2. The molecule has 10 nitrogen and oxygen atoms in total. The van der Waals surface area contributed by atoms with E-state index in [1.807, 2.05) is 65.0 Å². The molecule has 1 aliphatic heterocycles. The summed E-state index contributed by atoms with van der Waals surface area (Å²) in [5.41, 5.74) is 2.18. The van der Waals surface area contributed by atoms with Gasteiger partial charge in [0, 0.05) is 37.7 Å². The van der Waals surface area contributed by atoms with E-state index < -0.39 is 29.4 Å². The molecule has 6 rings (SSSR count). The van der Waals surface area contributed by atoms with Crippen molar-refractivity contribution in [3.05, 3.63) is 90.5 Å². The molecule has 1 heterocycles. The summed E-state index contributed by atoms with van der Waals surface area (Å²) in [5.74, 6) is 0.389. The first-order valence-electron chi connectivity index (χ1n) is 20.9. The third-order valence-electron chi connectivity index (χ3n) is 11.4. The molecule has 3 aromatic rings. The average Bonchev–Trinajstić information content (AvgIpc) is 3.19. The zero-order valence-electron chi connectivity index (χ0n) is 34.5. The molecule has 0 bridgehead atoms. The lowest BCUT2D eigenvalue weighted by Crippen LogP contribution is -2.70. The topological polar surface area (TPSA) is 119 Å². The highest BCUT2D eigenvalue weighted by Gasteiger charge is 2.65. The van der Waals surface area contributed by atoms with Gasteiger partial charge in [0.25, 0.3) is 0 Å². The number of hydrogen-bond acceptors (Lipinski definition) is 9. The molecule has 6 atom stereocenters. The van der Waals surface area contributed by atoms with Crippen LogP contribution in [0.1, 0.15) is 97.5 Å². The Morgan fingerprint density at radius 1 is 0.982 bits per heavy atom. The maximum Gasteiger partial charge on any atom is 0.410 e. The molecule has 308 valence electrons. The minimum atomic E-state index is -1.34. The van der Waals surface area contributed by atoms with Crippen molar-refractivity contribution in [2.75, 3.05) is 33.0 Å². The lowest BCUT2D eigenvalue weighted by Gasteiger charge is -2.60. The van der Waals surface area contributed by atoms with Gasteiger partial charge in [-0.2, -0.15) is 0 Å². The Kier molecular flexibility index (Phi) is 14.0. The van der Waals surface area contributed by atoms with Crippen LogP contribution in [0.5, 0.6) is 17.2 Å². The molecule has 10 heteroatoms. The summed E-state index contributed by atoms with van der Waals surface area (Å²) in [6, 6.07) is 19.7. The van der Waals surface area contributed by atoms with Crippen molar-refractivity contribution in [1.82, 2.24) is 4.90 Å². The molecule has 0 saturated heterocycles. The molecule has 1 amide bonds. The molecular weight excluding hydrogens is 721 g/mol. The van der Waals surface area contributed by atoms with E-state index in [4.69, 9.17) is 28.9 Å². The average molecular weight is 783 g/mol. The van der Waals surface area contributed by atoms with E-state index in [2.05, 4.69) is 43.0 Å². The van der Waals surface area contributed by atoms with Gasteiger partial charge in [0.15, 0.2) is 0 Å². The van der Waals surface area contributed by atoms with Crippen LogP contribution in [0, 0.1) is 17.8 Å². The second-order valence-corrected chi connectivity index (χ2v) is 16.5. The molecule has 0 radical (unpaired) electrons. The molecule has 57 heavy (non-hydrogen) atoms. The van der Waals surface area contributed by atoms with E-state index in [-0.39, 0.29) is 44.2 Å². The van der Waals surface area contributed by atoms with Gasteiger partial charge in [-0.15, -0.1) is 6.58 Å². The van der Waals surface area contributed by atoms with E-state index in [1.165, 1.54) is 0 Å². The Hall–Kier alpha value is -4.38. The summed E-state index contributed by atoms with van der Waals surface area (Å²) >= 11 is 0. The number of amides is 1. The molecule has 0 spiro atoms. The Morgan fingerprint density at radius 3 is 2.40 bits per heavy atom. The molecule has 0 unspecified atom stereocenters. The van der Waals surface area contributed by atoms with Crippen LogP contribution in [-0.4, -0.2) is 77.3 Å². The summed E-state index contributed by atoms with van der Waals surface area (Å²) in [6.07, 6.45) is 9.43. The summed E-state index contributed by atoms with van der Waals surface area (Å²) in [7, 11) is 0. The number of aliphatic hydroxyl groups excluding tert-OH is 2. The number of unbranched alkanes of at least 4 members (excludes halogenated alkanes) is 2. The number of nitrogens with zero attached hydrogens (tertiary/aromatic N) is 2. The van der Waals surface area contributed by atoms with Crippen molar-refractivity contribution in [2.45, 2.75) is 109 Å². The maximum absolute atomic E-state index is 14.0. The Balaban J connectivity index is 1.59. The predicted octanol–water partition coefficient (Wildman–Crippen LogP) is 9.93. The van der Waals surface area contributed by atoms with E-state index in [9.17, 15) is 15.0 Å². The summed E-state index contributed by atoms with van der Waals surface area (Å²) < 4.78 is 26.7. The Labute approximate surface area is 338 Å². The Bertz CT molecular complexity index is 1900. The predicted molar refractivity (Wildman–Crippen MR) is 224 cm³/mol. The van der Waals surface area contributed by atoms with Crippen LogP contribution in [0.2, 0.25) is 0 Å². The molecule has 2 N–H and O–H groups in total. The normalized spacial score (nSPS) is 24.5. The number of fused-ring (bicyclic) bond motifs is 3. The first-order chi connectivity index (χ1) is 27.6. The van der Waals surface area contributed by atoms with Gasteiger partial charge >= 0.3 is 6.09 Å². The number of oxime groups is 1. The molecule has 3 aliphatic rings. The van der Waals surface area contributed by atoms with Crippen molar-refractivity contribution >= 4 is 22.6 Å². The van der Waals surface area contributed by atoms with Gasteiger partial charge < -0.3 is 34.0 Å². The SMILES string of the molecule is C=CCO[C@@]12Oc3ccc(Oc4ccc5ccccc5c4)cc3[C@H]3[C@H](CCCCO)[C@@H](CCCCO)C=C(C(=NOC(C)(C)C)C[C@@H]1N(CCC)C(=O)OCC)[C@H]32. The molecule has 1 saturated carbocycles. The summed E-state index contributed by atoms with van der Waals surface area (Å²) in [4.78, 5) is 22.0. The highest BCUT2D eigenvalue weighted by Crippen LogP contribution is 2.62. The van der Waals surface area contributed by atoms with Crippen molar-refractivity contribution in [2.24, 2.45) is 22.9 Å². The fourth-order valence-electron chi connectivity index (χ4n) is 9.09. The molecule has 3 aromatic carbocycles. The van der Waals surface area contributed by atoms with Gasteiger partial charge in [-0.3, -0.25) is 4.90 Å². The molecule has 1 fully saturated rings. The van der Waals surface area contributed by atoms with Gasteiger partial charge in [-0.1, -0.05) is 67.4 Å². The highest BCUT2D eigenvalue weighted by atomic mass is 16.7. The summed E-state index contributed by atoms with van der Waals surface area (Å²) in [5, 5.41) is 26.9. The number of rotatable bonds is 18. The Morgan fingerprint density at radius 2 is 1.70 bits per heavy atom. The van der Waals surface area contributed by atoms with Crippen LogP contribution in [0.25, 0.3) is 10.8 Å². The fourth-order valence-corrected chi connectivity index (χ4v) is 9.09. The largest absolute Gasteiger partial charge is 0.459 e. The number of benzene rings is 3. The van der Waals surface area contributed by atoms with Gasteiger partial charge in [0.2, 0.25) is 5.79 Å². The van der Waals surface area contributed by atoms with Crippen molar-refractivity contribution < 1.29 is 38.8 Å². The minimum absolute atomic E-state index is 0.0972. The number of allylic oxidation sites excluding steroid dienone is 1. The standard InChI is InChI=1S/C47H62N2O8/c1-7-24-49(45(52)53-9-3)42-31-40(48-57-46(4,5)6)38-29-34(18-12-14-25-50)37(19-13-15-26-51)43-39-30-36(55-35-21-20-32-16-10-11-17-33(32)28-35)22-23-41(39)56-47(42,44(38)43)54-27-8-2/h8,10-11,16-17,20-23,28-30,34,37,42-44,50-51H,2,7,9,12-15,18-19,24-27,31H2,1,3-6H3/t34-,37+,42-,43+,44+,47+/m0/s1. The third-order valence-corrected chi connectivity index (χ3v) is 11.4. The molecule has 2 aliphatic carbocycles. The van der Waals surface area contributed by atoms with Gasteiger partial charge in [-0.05, 0) is 118 Å².